The average molecular weight is 269 g/mol. The van der Waals surface area contributed by atoms with Gasteiger partial charge < -0.3 is 0 Å². The minimum Gasteiger partial charge on any atom is -0.253 e. The van der Waals surface area contributed by atoms with E-state index in [1.807, 2.05) is 11.0 Å². The van der Waals surface area contributed by atoms with Crippen LogP contribution in [0.2, 0.25) is 0 Å². The summed E-state index contributed by atoms with van der Waals surface area (Å²) in [6.45, 7) is 0.968. The number of benzene rings is 1. The van der Waals surface area contributed by atoms with Crippen molar-refractivity contribution in [1.29, 1.82) is 0 Å². The minimum atomic E-state index is 0.667. The van der Waals surface area contributed by atoms with E-state index in [0.29, 0.717) is 5.92 Å². The van der Waals surface area contributed by atoms with Gasteiger partial charge >= 0.3 is 0 Å². The zero-order chi connectivity index (χ0) is 13.6. The molecule has 0 N–H and O–H groups in total. The van der Waals surface area contributed by atoms with Crippen LogP contribution >= 0.6 is 0 Å². The highest BCUT2D eigenvalue weighted by atomic mass is 15.3. The van der Waals surface area contributed by atoms with E-state index in [4.69, 9.17) is 0 Å². The van der Waals surface area contributed by atoms with E-state index in [1.54, 1.807) is 6.33 Å². The molecule has 1 aliphatic rings. The largest absolute Gasteiger partial charge is 0.253 e. The molecule has 3 nitrogen and oxygen atoms in total. The Labute approximate surface area is 121 Å². The van der Waals surface area contributed by atoms with E-state index < -0.39 is 0 Å². The first kappa shape index (κ1) is 13.3. The molecule has 0 radical (unpaired) electrons. The van der Waals surface area contributed by atoms with Crippen LogP contribution in [0.4, 0.5) is 0 Å². The second kappa shape index (κ2) is 6.69. The normalized spacial score (nSPS) is 18.0. The van der Waals surface area contributed by atoms with Crippen LogP contribution in [0.1, 0.15) is 50.0 Å². The van der Waals surface area contributed by atoms with Crippen molar-refractivity contribution in [3.8, 4) is 0 Å². The average Bonchev–Trinajstić information content (AvgIpc) is 3.03. The minimum absolute atomic E-state index is 0.667. The van der Waals surface area contributed by atoms with Crippen LogP contribution in [-0.4, -0.2) is 14.8 Å². The Kier molecular flexibility index (Phi) is 4.46. The van der Waals surface area contributed by atoms with Crippen molar-refractivity contribution in [2.24, 2.45) is 5.92 Å². The molecule has 1 aliphatic carbocycles. The van der Waals surface area contributed by atoms with Gasteiger partial charge in [0.1, 0.15) is 12.7 Å². The molecule has 0 bridgehead atoms. The molecule has 0 aliphatic heterocycles. The van der Waals surface area contributed by atoms with E-state index in [-0.39, 0.29) is 0 Å². The fourth-order valence-electron chi connectivity index (χ4n) is 3.53. The van der Waals surface area contributed by atoms with Gasteiger partial charge in [0.2, 0.25) is 0 Å². The third kappa shape index (κ3) is 3.27. The maximum Gasteiger partial charge on any atom is 0.137 e. The Morgan fingerprint density at radius 2 is 1.90 bits per heavy atom. The summed E-state index contributed by atoms with van der Waals surface area (Å²) in [4.78, 5) is 4.04. The van der Waals surface area contributed by atoms with Crippen LogP contribution in [0.15, 0.2) is 43.0 Å². The summed E-state index contributed by atoms with van der Waals surface area (Å²) < 4.78 is 1.96. The van der Waals surface area contributed by atoms with Gasteiger partial charge in [0.15, 0.2) is 0 Å². The molecule has 0 unspecified atom stereocenters. The Balaban J connectivity index is 1.72. The van der Waals surface area contributed by atoms with E-state index in [1.165, 1.54) is 37.7 Å². The zero-order valence-corrected chi connectivity index (χ0v) is 12.0. The van der Waals surface area contributed by atoms with Gasteiger partial charge in [-0.3, -0.25) is 4.68 Å². The van der Waals surface area contributed by atoms with Crippen molar-refractivity contribution in [2.75, 3.05) is 0 Å². The summed E-state index contributed by atoms with van der Waals surface area (Å²) in [5.74, 6) is 1.51. The highest BCUT2D eigenvalue weighted by molar-refractivity contribution is 5.20. The van der Waals surface area contributed by atoms with Crippen molar-refractivity contribution < 1.29 is 0 Å². The van der Waals surface area contributed by atoms with Gasteiger partial charge in [-0.15, -0.1) is 0 Å². The van der Waals surface area contributed by atoms with Gasteiger partial charge in [0, 0.05) is 6.54 Å². The molecule has 1 aromatic carbocycles. The molecule has 0 saturated heterocycles. The van der Waals surface area contributed by atoms with Gasteiger partial charge in [-0.1, -0.05) is 49.6 Å². The highest BCUT2D eigenvalue weighted by Gasteiger charge is 2.24. The lowest BCUT2D eigenvalue weighted by Gasteiger charge is -2.30. The second-order valence-electron chi connectivity index (χ2n) is 5.86. The molecule has 20 heavy (non-hydrogen) atoms. The molecule has 1 aromatic heterocycles. The molecule has 1 saturated carbocycles. The van der Waals surface area contributed by atoms with Crippen molar-refractivity contribution in [3.05, 3.63) is 48.5 Å². The summed E-state index contributed by atoms with van der Waals surface area (Å²) in [5.41, 5.74) is 1.50. The van der Waals surface area contributed by atoms with Crippen LogP contribution in [0.5, 0.6) is 0 Å². The molecule has 3 heteroatoms. The van der Waals surface area contributed by atoms with Gasteiger partial charge in [0.05, 0.1) is 0 Å². The van der Waals surface area contributed by atoms with Crippen molar-refractivity contribution in [2.45, 2.75) is 51.0 Å². The predicted molar refractivity (Wildman–Crippen MR) is 80.4 cm³/mol. The Bertz CT molecular complexity index is 486. The molecule has 1 heterocycles. The van der Waals surface area contributed by atoms with Crippen LogP contribution < -0.4 is 0 Å². The molecule has 106 valence electrons. The van der Waals surface area contributed by atoms with E-state index in [9.17, 15) is 0 Å². The number of aryl methyl sites for hydroxylation is 1. The quantitative estimate of drug-likeness (QED) is 0.820. The third-order valence-electron chi connectivity index (χ3n) is 4.58. The maximum atomic E-state index is 4.23. The Morgan fingerprint density at radius 3 is 2.60 bits per heavy atom. The van der Waals surface area contributed by atoms with Gasteiger partial charge in [-0.2, -0.15) is 5.10 Å². The number of rotatable bonds is 5. The summed E-state index contributed by atoms with van der Waals surface area (Å²) in [5, 5.41) is 4.23. The van der Waals surface area contributed by atoms with Gasteiger partial charge in [-0.25, -0.2) is 4.98 Å². The summed E-state index contributed by atoms with van der Waals surface area (Å²) in [6, 6.07) is 11.0. The lowest BCUT2D eigenvalue weighted by atomic mass is 9.75. The summed E-state index contributed by atoms with van der Waals surface area (Å²) >= 11 is 0. The maximum absolute atomic E-state index is 4.23. The smallest absolute Gasteiger partial charge is 0.137 e. The van der Waals surface area contributed by atoms with Gasteiger partial charge in [-0.05, 0) is 36.7 Å². The fourth-order valence-corrected chi connectivity index (χ4v) is 3.53. The first-order valence-electron chi connectivity index (χ1n) is 7.81. The van der Waals surface area contributed by atoms with Crippen LogP contribution in [-0.2, 0) is 6.54 Å². The van der Waals surface area contributed by atoms with E-state index in [2.05, 4.69) is 40.4 Å². The number of nitrogens with zero attached hydrogens (tertiary/aromatic N) is 3. The summed E-state index contributed by atoms with van der Waals surface area (Å²) in [6.07, 6.45) is 11.6. The number of hydrogen-bond acceptors (Lipinski definition) is 2. The van der Waals surface area contributed by atoms with Crippen LogP contribution in [0, 0.1) is 5.92 Å². The number of hydrogen-bond donors (Lipinski definition) is 0. The lowest BCUT2D eigenvalue weighted by molar-refractivity contribution is 0.284. The van der Waals surface area contributed by atoms with Crippen molar-refractivity contribution >= 4 is 0 Å². The molecule has 0 amide bonds. The lowest BCUT2D eigenvalue weighted by Crippen LogP contribution is -2.18. The summed E-state index contributed by atoms with van der Waals surface area (Å²) in [7, 11) is 0. The standard InChI is InChI=1S/C17H23N3/c1-3-7-15(8-4-1)17(16-9-5-2-6-10-16)11-12-20-14-18-13-19-20/h1,3-4,7-8,13-14,16-17H,2,5-6,9-12H2/t17-/m1/s1. The monoisotopic (exact) mass is 269 g/mol. The molecule has 1 fully saturated rings. The van der Waals surface area contributed by atoms with Crippen molar-refractivity contribution in [1.82, 2.24) is 14.8 Å². The predicted octanol–water partition coefficient (Wildman–Crippen LogP) is 4.03. The first-order chi connectivity index (χ1) is 9.93. The highest BCUT2D eigenvalue weighted by Crippen LogP contribution is 2.38. The van der Waals surface area contributed by atoms with Crippen molar-refractivity contribution in [3.63, 3.8) is 0 Å². The third-order valence-corrected chi connectivity index (χ3v) is 4.58. The second-order valence-corrected chi connectivity index (χ2v) is 5.86. The van der Waals surface area contributed by atoms with E-state index >= 15 is 0 Å². The molecule has 2 aromatic rings. The molecule has 0 spiro atoms. The topological polar surface area (TPSA) is 30.7 Å². The first-order valence-corrected chi connectivity index (χ1v) is 7.81. The Morgan fingerprint density at radius 1 is 1.10 bits per heavy atom. The van der Waals surface area contributed by atoms with Crippen LogP contribution in [0.3, 0.4) is 0 Å². The Hall–Kier alpha value is -1.64. The fraction of sp³-hybridized carbons (Fsp3) is 0.529. The molecule has 3 rings (SSSR count). The molecule has 1 atom stereocenters. The SMILES string of the molecule is c1ccc([C@@H](CCn2cncn2)C2CCCCC2)cc1. The van der Waals surface area contributed by atoms with Crippen LogP contribution in [0.25, 0.3) is 0 Å². The number of aromatic nitrogens is 3. The molecular weight excluding hydrogens is 246 g/mol. The zero-order valence-electron chi connectivity index (χ0n) is 12.0. The van der Waals surface area contributed by atoms with E-state index in [0.717, 1.165) is 18.9 Å². The van der Waals surface area contributed by atoms with Gasteiger partial charge in [0.25, 0.3) is 0 Å². The molecular formula is C17H23N3.